The van der Waals surface area contributed by atoms with Crippen molar-refractivity contribution in [3.8, 4) is 0 Å². The number of fused-ring (bicyclic) bond motifs is 7. The fraction of sp³-hybridized carbons (Fsp3) is 0.933. The summed E-state index contributed by atoms with van der Waals surface area (Å²) in [7, 11) is 0. The lowest BCUT2D eigenvalue weighted by atomic mass is 9.46. The third-order valence-electron chi connectivity index (χ3n) is 17.6. The predicted molar refractivity (Wildman–Crippen MR) is 216 cm³/mol. The second-order valence-corrected chi connectivity index (χ2v) is 20.9. The number of hydrogen-bond acceptors (Lipinski definition) is 19. The molecule has 5 heterocycles. The molecule has 0 amide bonds. The maximum atomic E-state index is 14.7. The minimum Gasteiger partial charge on any atom is -0.394 e. The highest BCUT2D eigenvalue weighted by Gasteiger charge is 2.71. The van der Waals surface area contributed by atoms with Crippen molar-refractivity contribution in [1.82, 2.24) is 0 Å². The Morgan fingerprint density at radius 2 is 1.38 bits per heavy atom. The third kappa shape index (κ3) is 7.69. The molecule has 26 unspecified atom stereocenters. The number of allylic oxidation sites excluding steroid dienone is 1. The van der Waals surface area contributed by atoms with E-state index in [9.17, 15) is 55.9 Å². The van der Waals surface area contributed by atoms with Gasteiger partial charge in [-0.1, -0.05) is 32.4 Å². The summed E-state index contributed by atoms with van der Waals surface area (Å²) in [4.78, 5) is 14.7. The predicted octanol–water partition coefficient (Wildman–Crippen LogP) is -1.63. The molecule has 5 aliphatic heterocycles. The Hall–Kier alpha value is -1.31. The molecule has 4 aliphatic carbocycles. The van der Waals surface area contributed by atoms with Gasteiger partial charge < -0.3 is 89.0 Å². The molecule has 0 bridgehead atoms. The maximum absolute atomic E-state index is 14.7. The summed E-state index contributed by atoms with van der Waals surface area (Å²) in [5, 5.41) is 103. The van der Waals surface area contributed by atoms with Crippen LogP contribution in [0.4, 0.5) is 0 Å². The number of ketones is 1. The summed E-state index contributed by atoms with van der Waals surface area (Å²) in [6.45, 7) is 7.54. The molecule has 10 N–H and O–H groups in total. The number of aliphatic hydroxyl groups excluding tert-OH is 10. The number of carbonyl (C=O) groups excluding carboxylic acids is 1. The van der Waals surface area contributed by atoms with E-state index in [0.717, 1.165) is 19.3 Å². The van der Waals surface area contributed by atoms with Gasteiger partial charge in [0.05, 0.1) is 44.7 Å². The molecule has 3 saturated carbocycles. The van der Waals surface area contributed by atoms with Crippen molar-refractivity contribution in [2.45, 2.75) is 189 Å². The van der Waals surface area contributed by atoms with Crippen LogP contribution in [-0.4, -0.2) is 193 Å². The van der Waals surface area contributed by atoms with Crippen LogP contribution in [0.2, 0.25) is 0 Å². The number of aliphatic hydroxyl groups is 10. The van der Waals surface area contributed by atoms with Crippen molar-refractivity contribution in [3.63, 3.8) is 0 Å². The van der Waals surface area contributed by atoms with E-state index in [-0.39, 0.29) is 59.6 Å². The summed E-state index contributed by atoms with van der Waals surface area (Å²) >= 11 is 0. The van der Waals surface area contributed by atoms with Gasteiger partial charge in [-0.25, -0.2) is 0 Å². The number of carbonyl (C=O) groups is 1. The highest BCUT2D eigenvalue weighted by Crippen LogP contribution is 2.69. The van der Waals surface area contributed by atoms with Crippen molar-refractivity contribution in [2.24, 2.45) is 46.3 Å². The van der Waals surface area contributed by atoms with Gasteiger partial charge in [-0.05, 0) is 68.6 Å². The molecule has 0 aromatic rings. The zero-order chi connectivity index (χ0) is 45.8. The molecule has 64 heavy (non-hydrogen) atoms. The topological polar surface area (TPSA) is 293 Å². The number of rotatable bonds is 9. The molecule has 9 rings (SSSR count). The van der Waals surface area contributed by atoms with E-state index in [2.05, 4.69) is 26.8 Å². The zero-order valence-corrected chi connectivity index (χ0v) is 37.0. The van der Waals surface area contributed by atoms with Gasteiger partial charge in [-0.3, -0.25) is 4.79 Å². The molecule has 0 aromatic heterocycles. The fourth-order valence-electron chi connectivity index (χ4n) is 13.8. The molecule has 8 fully saturated rings. The SMILES string of the molecule is CC1OC(OC2CCC3(C)C(=CCC4C3CC(=O)C3(C)C4CC4OC5(CCC(COC6OC(CO)C(O)C(O)C6O)CO5)C(C)C43)C2)C(O)C(O)C1OC1OC(CO)C(O)C(O)C1O. The van der Waals surface area contributed by atoms with Gasteiger partial charge in [0.25, 0.3) is 0 Å². The minimum atomic E-state index is -1.69. The largest absolute Gasteiger partial charge is 0.394 e. The standard InChI is InChI=1S/C45H70O19/c1-18-30-26(64-45(18)10-7-20(17-58-45)16-57-40-36(54)33(51)31(49)27(14-46)61-40)12-25-23-6-5-21-11-22(8-9-43(21,3)24(23)13-29(48)44(25,30)4)60-41-38(56)35(53)39(19(2)59-41)63-42-37(55)34(52)32(50)28(15-47)62-42/h5,18-20,22-28,30-42,46-47,49-56H,6-17H2,1-4H3. The summed E-state index contributed by atoms with van der Waals surface area (Å²) in [5.41, 5.74) is 0.430. The highest BCUT2D eigenvalue weighted by molar-refractivity contribution is 5.87. The lowest BCUT2D eigenvalue weighted by molar-refractivity contribution is -0.359. The Balaban J connectivity index is 0.801. The molecular formula is C45H70O19. The summed E-state index contributed by atoms with van der Waals surface area (Å²) in [6.07, 6.45) is -13.4. The molecule has 364 valence electrons. The monoisotopic (exact) mass is 914 g/mol. The molecule has 19 heteroatoms. The fourth-order valence-corrected chi connectivity index (χ4v) is 13.8. The van der Waals surface area contributed by atoms with Gasteiger partial charge in [-0.2, -0.15) is 0 Å². The zero-order valence-electron chi connectivity index (χ0n) is 37.0. The first-order chi connectivity index (χ1) is 30.4. The van der Waals surface area contributed by atoms with Crippen LogP contribution in [0.1, 0.15) is 79.1 Å². The molecule has 26 atom stereocenters. The molecule has 9 aliphatic rings. The van der Waals surface area contributed by atoms with Crippen LogP contribution in [0.25, 0.3) is 0 Å². The Morgan fingerprint density at radius 3 is 2.03 bits per heavy atom. The number of hydrogen-bond donors (Lipinski definition) is 10. The Bertz CT molecular complexity index is 1710. The molecular weight excluding hydrogens is 844 g/mol. The first kappa shape index (κ1) is 47.7. The van der Waals surface area contributed by atoms with Crippen molar-refractivity contribution >= 4 is 5.78 Å². The van der Waals surface area contributed by atoms with Crippen LogP contribution < -0.4 is 0 Å². The lowest BCUT2D eigenvalue weighted by Crippen LogP contribution is -2.64. The van der Waals surface area contributed by atoms with Gasteiger partial charge in [-0.15, -0.1) is 0 Å². The Morgan fingerprint density at radius 1 is 0.734 bits per heavy atom. The van der Waals surface area contributed by atoms with Crippen LogP contribution >= 0.6 is 0 Å². The Kier molecular flexibility index (Phi) is 13.3. The first-order valence-corrected chi connectivity index (χ1v) is 23.5. The average molecular weight is 915 g/mol. The first-order valence-electron chi connectivity index (χ1n) is 23.5. The highest BCUT2D eigenvalue weighted by atomic mass is 16.7. The van der Waals surface area contributed by atoms with E-state index in [1.54, 1.807) is 6.92 Å². The van der Waals surface area contributed by atoms with E-state index in [1.807, 2.05) is 0 Å². The van der Waals surface area contributed by atoms with Gasteiger partial charge >= 0.3 is 0 Å². The summed E-state index contributed by atoms with van der Waals surface area (Å²) in [6, 6.07) is 0. The van der Waals surface area contributed by atoms with Crippen molar-refractivity contribution in [1.29, 1.82) is 0 Å². The number of Topliss-reactive ketones (excluding diaryl/α,β-unsaturated/α-hetero) is 1. The van der Waals surface area contributed by atoms with Crippen molar-refractivity contribution in [2.75, 3.05) is 26.4 Å². The van der Waals surface area contributed by atoms with Gasteiger partial charge in [0, 0.05) is 36.0 Å². The smallest absolute Gasteiger partial charge is 0.187 e. The maximum Gasteiger partial charge on any atom is 0.187 e. The third-order valence-corrected chi connectivity index (χ3v) is 17.6. The quantitative estimate of drug-likeness (QED) is 0.116. The average Bonchev–Trinajstić information content (AvgIpc) is 3.73. The van der Waals surface area contributed by atoms with Gasteiger partial charge in [0.2, 0.25) is 0 Å². The van der Waals surface area contributed by atoms with E-state index in [4.69, 9.17) is 37.9 Å². The second kappa shape index (κ2) is 17.9. The van der Waals surface area contributed by atoms with Crippen LogP contribution in [-0.2, 0) is 42.7 Å². The lowest BCUT2D eigenvalue weighted by Gasteiger charge is -2.58. The summed E-state index contributed by atoms with van der Waals surface area (Å²) < 4.78 is 48.5. The van der Waals surface area contributed by atoms with E-state index >= 15 is 0 Å². The molecule has 0 aromatic carbocycles. The van der Waals surface area contributed by atoms with Crippen LogP contribution in [0.3, 0.4) is 0 Å². The van der Waals surface area contributed by atoms with Crippen molar-refractivity contribution < 1.29 is 93.8 Å². The normalized spacial score (nSPS) is 56.2. The number of ether oxygens (including phenoxy) is 8. The van der Waals surface area contributed by atoms with Crippen LogP contribution in [0.5, 0.6) is 0 Å². The van der Waals surface area contributed by atoms with E-state index in [1.165, 1.54) is 5.57 Å². The molecule has 1 spiro atoms. The van der Waals surface area contributed by atoms with Crippen LogP contribution in [0.15, 0.2) is 11.6 Å². The molecule has 5 saturated heterocycles. The second-order valence-electron chi connectivity index (χ2n) is 20.9. The minimum absolute atomic E-state index is 0.00273. The van der Waals surface area contributed by atoms with E-state index < -0.39 is 117 Å². The van der Waals surface area contributed by atoms with Gasteiger partial charge in [0.15, 0.2) is 24.7 Å². The molecule has 0 radical (unpaired) electrons. The van der Waals surface area contributed by atoms with Crippen molar-refractivity contribution in [3.05, 3.63) is 11.6 Å². The summed E-state index contributed by atoms with van der Waals surface area (Å²) in [5.74, 6) is -0.0428. The van der Waals surface area contributed by atoms with Crippen LogP contribution in [0, 0.1) is 46.3 Å². The van der Waals surface area contributed by atoms with E-state index in [0.29, 0.717) is 44.6 Å². The molecule has 19 nitrogen and oxygen atoms in total. The Labute approximate surface area is 372 Å². The van der Waals surface area contributed by atoms with Gasteiger partial charge in [0.1, 0.15) is 72.9 Å².